The van der Waals surface area contributed by atoms with Crippen molar-refractivity contribution < 1.29 is 4.79 Å². The number of fused-ring (bicyclic) bond motifs is 2. The van der Waals surface area contributed by atoms with Crippen molar-refractivity contribution in [1.29, 1.82) is 0 Å². The quantitative estimate of drug-likeness (QED) is 0.647. The Kier molecular flexibility index (Phi) is 2.44. The average molecular weight is 279 g/mol. The van der Waals surface area contributed by atoms with Gasteiger partial charge in [-0.2, -0.15) is 0 Å². The molecule has 1 aliphatic heterocycles. The normalized spacial score (nSPS) is 14.1. The summed E-state index contributed by atoms with van der Waals surface area (Å²) in [5, 5.41) is 3.28. The Balaban J connectivity index is 1.78. The fourth-order valence-corrected chi connectivity index (χ4v) is 3.55. The van der Waals surface area contributed by atoms with Gasteiger partial charge in [-0.15, -0.1) is 11.3 Å². The molecule has 0 bridgehead atoms. The zero-order valence-corrected chi connectivity index (χ0v) is 11.9. The molecule has 98 valence electrons. The van der Waals surface area contributed by atoms with E-state index in [2.05, 4.69) is 36.6 Å². The van der Waals surface area contributed by atoms with E-state index < -0.39 is 0 Å². The van der Waals surface area contributed by atoms with Gasteiger partial charge in [0.05, 0.1) is 6.54 Å². The summed E-state index contributed by atoms with van der Waals surface area (Å²) >= 11 is 1.73. The van der Waals surface area contributed by atoms with Gasteiger partial charge in [0.2, 0.25) is 0 Å². The maximum absolute atomic E-state index is 12.5. The van der Waals surface area contributed by atoms with Gasteiger partial charge < -0.3 is 4.90 Å². The summed E-state index contributed by atoms with van der Waals surface area (Å²) in [4.78, 5) is 14.4. The molecule has 3 aromatic rings. The molecule has 3 heteroatoms. The van der Waals surface area contributed by atoms with E-state index in [4.69, 9.17) is 0 Å². The summed E-state index contributed by atoms with van der Waals surface area (Å²) in [6.45, 7) is 2.73. The highest BCUT2D eigenvalue weighted by molar-refractivity contribution is 7.17. The van der Waals surface area contributed by atoms with Gasteiger partial charge in [0.15, 0.2) is 0 Å². The number of carbonyl (C=O) groups excluding carboxylic acids is 1. The molecule has 0 radical (unpaired) electrons. The minimum absolute atomic E-state index is 0.106. The van der Waals surface area contributed by atoms with E-state index in [9.17, 15) is 4.79 Å². The van der Waals surface area contributed by atoms with E-state index in [1.807, 2.05) is 23.1 Å². The van der Waals surface area contributed by atoms with Gasteiger partial charge >= 0.3 is 0 Å². The van der Waals surface area contributed by atoms with Crippen molar-refractivity contribution in [2.75, 3.05) is 4.90 Å². The second kappa shape index (κ2) is 4.18. The Bertz CT molecular complexity index is 834. The first-order valence-electron chi connectivity index (χ1n) is 6.61. The zero-order chi connectivity index (χ0) is 13.7. The third kappa shape index (κ3) is 1.67. The number of rotatable bonds is 1. The van der Waals surface area contributed by atoms with Crippen LogP contribution in [0.1, 0.15) is 21.5 Å². The van der Waals surface area contributed by atoms with Gasteiger partial charge in [0.1, 0.15) is 0 Å². The lowest BCUT2D eigenvalue weighted by atomic mass is 10.1. The lowest BCUT2D eigenvalue weighted by molar-refractivity contribution is 0.0996. The van der Waals surface area contributed by atoms with Crippen LogP contribution in [0.5, 0.6) is 0 Å². The molecule has 2 heterocycles. The van der Waals surface area contributed by atoms with Crippen molar-refractivity contribution >= 4 is 33.0 Å². The molecule has 20 heavy (non-hydrogen) atoms. The van der Waals surface area contributed by atoms with E-state index >= 15 is 0 Å². The molecule has 1 aromatic heterocycles. The summed E-state index contributed by atoms with van der Waals surface area (Å²) in [6, 6.07) is 14.4. The molecule has 1 amide bonds. The van der Waals surface area contributed by atoms with Crippen molar-refractivity contribution in [2.24, 2.45) is 0 Å². The van der Waals surface area contributed by atoms with Crippen LogP contribution >= 0.6 is 11.3 Å². The number of benzene rings is 2. The highest BCUT2D eigenvalue weighted by Gasteiger charge is 2.28. The van der Waals surface area contributed by atoms with Crippen LogP contribution in [0.4, 0.5) is 5.69 Å². The standard InChI is InChI=1S/C17H13NOS/c1-11-2-4-15-13(8-11)10-18(17(15)19)14-3-5-16-12(9-14)6-7-20-16/h2-9H,10H2,1H3. The fourth-order valence-electron chi connectivity index (χ4n) is 2.78. The Morgan fingerprint density at radius 1 is 1.10 bits per heavy atom. The maximum Gasteiger partial charge on any atom is 0.258 e. The number of hydrogen-bond donors (Lipinski definition) is 0. The first kappa shape index (κ1) is 11.7. The number of aryl methyl sites for hydroxylation is 1. The van der Waals surface area contributed by atoms with E-state index in [1.54, 1.807) is 11.3 Å². The van der Waals surface area contributed by atoms with Gasteiger partial charge in [0, 0.05) is 16.0 Å². The molecule has 1 aliphatic rings. The van der Waals surface area contributed by atoms with Gasteiger partial charge in [-0.05, 0) is 53.6 Å². The number of thiophene rings is 1. The monoisotopic (exact) mass is 279 g/mol. The van der Waals surface area contributed by atoms with Crippen molar-refractivity contribution in [3.8, 4) is 0 Å². The van der Waals surface area contributed by atoms with Crippen molar-refractivity contribution in [3.63, 3.8) is 0 Å². The van der Waals surface area contributed by atoms with Gasteiger partial charge in [-0.1, -0.05) is 17.7 Å². The van der Waals surface area contributed by atoms with Crippen LogP contribution in [0.25, 0.3) is 10.1 Å². The van der Waals surface area contributed by atoms with Crippen LogP contribution in [0.15, 0.2) is 47.8 Å². The molecule has 0 saturated carbocycles. The molecular weight excluding hydrogens is 266 g/mol. The molecule has 0 atom stereocenters. The topological polar surface area (TPSA) is 20.3 Å². The first-order chi connectivity index (χ1) is 9.72. The van der Waals surface area contributed by atoms with Gasteiger partial charge in [-0.3, -0.25) is 4.79 Å². The summed E-state index contributed by atoms with van der Waals surface area (Å²) in [5.41, 5.74) is 4.14. The molecule has 0 aliphatic carbocycles. The second-order valence-electron chi connectivity index (χ2n) is 5.19. The molecule has 4 rings (SSSR count). The van der Waals surface area contributed by atoms with Gasteiger partial charge in [-0.25, -0.2) is 0 Å². The van der Waals surface area contributed by atoms with E-state index in [0.717, 1.165) is 16.8 Å². The first-order valence-corrected chi connectivity index (χ1v) is 7.49. The Morgan fingerprint density at radius 3 is 2.90 bits per heavy atom. The molecule has 2 nitrogen and oxygen atoms in total. The number of anilines is 1. The number of hydrogen-bond acceptors (Lipinski definition) is 2. The molecule has 0 spiro atoms. The summed E-state index contributed by atoms with van der Waals surface area (Å²) in [7, 11) is 0. The third-order valence-corrected chi connectivity index (χ3v) is 4.71. The molecular formula is C17H13NOS. The molecule has 2 aromatic carbocycles. The highest BCUT2D eigenvalue weighted by Crippen LogP contribution is 2.32. The van der Waals surface area contributed by atoms with Crippen LogP contribution in [0.3, 0.4) is 0 Å². The Labute approximate surface area is 121 Å². The number of amides is 1. The lowest BCUT2D eigenvalue weighted by Gasteiger charge is -2.15. The minimum atomic E-state index is 0.106. The van der Waals surface area contributed by atoms with E-state index in [0.29, 0.717) is 6.54 Å². The SMILES string of the molecule is Cc1ccc2c(c1)CN(c1ccc3sccc3c1)C2=O. The van der Waals surface area contributed by atoms with Crippen molar-refractivity contribution in [2.45, 2.75) is 13.5 Å². The predicted molar refractivity (Wildman–Crippen MR) is 83.5 cm³/mol. The van der Waals surface area contributed by atoms with Crippen LogP contribution in [-0.2, 0) is 6.54 Å². The average Bonchev–Trinajstić information content (AvgIpc) is 3.02. The van der Waals surface area contributed by atoms with Crippen molar-refractivity contribution in [3.05, 3.63) is 64.5 Å². The highest BCUT2D eigenvalue weighted by atomic mass is 32.1. The van der Waals surface area contributed by atoms with Gasteiger partial charge in [0.25, 0.3) is 5.91 Å². The predicted octanol–water partition coefficient (Wildman–Crippen LogP) is 4.37. The summed E-state index contributed by atoms with van der Waals surface area (Å²) in [5.74, 6) is 0.106. The maximum atomic E-state index is 12.5. The number of nitrogens with zero attached hydrogens (tertiary/aromatic N) is 1. The van der Waals surface area contributed by atoms with Crippen LogP contribution in [0.2, 0.25) is 0 Å². The van der Waals surface area contributed by atoms with Crippen LogP contribution < -0.4 is 4.90 Å². The molecule has 0 N–H and O–H groups in total. The second-order valence-corrected chi connectivity index (χ2v) is 6.14. The smallest absolute Gasteiger partial charge is 0.258 e. The van der Waals surface area contributed by atoms with Crippen molar-refractivity contribution in [1.82, 2.24) is 0 Å². The molecule has 0 unspecified atom stereocenters. The molecule has 0 saturated heterocycles. The minimum Gasteiger partial charge on any atom is -0.304 e. The summed E-state index contributed by atoms with van der Waals surface area (Å²) in [6.07, 6.45) is 0. The van der Waals surface area contributed by atoms with Crippen LogP contribution in [0, 0.1) is 6.92 Å². The molecule has 0 fully saturated rings. The number of carbonyl (C=O) groups is 1. The van der Waals surface area contributed by atoms with E-state index in [1.165, 1.54) is 15.6 Å². The Morgan fingerprint density at radius 2 is 2.00 bits per heavy atom. The van der Waals surface area contributed by atoms with Crippen LogP contribution in [-0.4, -0.2) is 5.91 Å². The van der Waals surface area contributed by atoms with E-state index in [-0.39, 0.29) is 5.91 Å². The largest absolute Gasteiger partial charge is 0.304 e. The third-order valence-electron chi connectivity index (χ3n) is 3.81. The summed E-state index contributed by atoms with van der Waals surface area (Å²) < 4.78 is 1.26. The Hall–Kier alpha value is -2.13. The fraction of sp³-hybridized carbons (Fsp3) is 0.118. The lowest BCUT2D eigenvalue weighted by Crippen LogP contribution is -2.22. The zero-order valence-electron chi connectivity index (χ0n) is 11.1.